The molecule has 1 nitrogen and oxygen atoms in total. The maximum Gasteiger partial charge on any atom is 0.195 e. The second-order valence-corrected chi connectivity index (χ2v) is 7.27. The molecule has 7 heteroatoms. The summed E-state index contributed by atoms with van der Waals surface area (Å²) in [6.07, 6.45) is 0.621. The maximum atomic E-state index is 14.6. The van der Waals surface area contributed by atoms with Crippen molar-refractivity contribution in [1.29, 1.82) is 0 Å². The number of rotatable bonds is 5. The zero-order valence-corrected chi connectivity index (χ0v) is 16.8. The Morgan fingerprint density at radius 3 is 2.00 bits per heavy atom. The van der Waals surface area contributed by atoms with Crippen LogP contribution in [0, 0.1) is 34.9 Å². The Morgan fingerprint density at radius 1 is 0.656 bits per heavy atom. The maximum absolute atomic E-state index is 14.6. The van der Waals surface area contributed by atoms with E-state index in [1.807, 2.05) is 6.92 Å². The molecule has 0 heterocycles. The molecule has 4 rings (SSSR count). The molecule has 0 aromatic heterocycles. The van der Waals surface area contributed by atoms with Gasteiger partial charge in [0, 0.05) is 10.9 Å². The minimum atomic E-state index is -1.58. The normalized spacial score (nSPS) is 11.2. The lowest BCUT2D eigenvalue weighted by molar-refractivity contribution is 0.274. The van der Waals surface area contributed by atoms with Gasteiger partial charge in [-0.3, -0.25) is 0 Å². The Balaban J connectivity index is 1.60. The van der Waals surface area contributed by atoms with Gasteiger partial charge >= 0.3 is 0 Å². The van der Waals surface area contributed by atoms with Gasteiger partial charge in [0.2, 0.25) is 0 Å². The van der Waals surface area contributed by atoms with Gasteiger partial charge in [-0.1, -0.05) is 31.2 Å². The van der Waals surface area contributed by atoms with Crippen LogP contribution in [0.3, 0.4) is 0 Å². The van der Waals surface area contributed by atoms with Crippen molar-refractivity contribution in [1.82, 2.24) is 0 Å². The number of halogens is 6. The van der Waals surface area contributed by atoms with E-state index in [0.717, 1.165) is 23.8 Å². The van der Waals surface area contributed by atoms with Crippen LogP contribution >= 0.6 is 0 Å². The molecule has 0 radical (unpaired) electrons. The first kappa shape index (κ1) is 21.7. The predicted molar refractivity (Wildman–Crippen MR) is 109 cm³/mol. The molecule has 0 N–H and O–H groups in total. The summed E-state index contributed by atoms with van der Waals surface area (Å²) in [5.74, 6) is -7.57. The van der Waals surface area contributed by atoms with Crippen LogP contribution in [0.5, 0.6) is 5.75 Å². The molecule has 0 aliphatic carbocycles. The molecule has 4 aromatic rings. The first-order valence-corrected chi connectivity index (χ1v) is 9.75. The fraction of sp³-hybridized carbons (Fsp3) is 0.120. The first-order chi connectivity index (χ1) is 15.3. The van der Waals surface area contributed by atoms with Crippen LogP contribution in [0.15, 0.2) is 54.6 Å². The van der Waals surface area contributed by atoms with E-state index >= 15 is 0 Å². The summed E-state index contributed by atoms with van der Waals surface area (Å²) >= 11 is 0. The molecule has 32 heavy (non-hydrogen) atoms. The van der Waals surface area contributed by atoms with E-state index in [-0.39, 0.29) is 28.5 Å². The SMILES string of the molecule is CCc1ccc(-c2cc(F)c(OCc3ccc4c(F)c(F)c(F)cc4c3)c(F)c2)c(F)c1. The third-order valence-corrected chi connectivity index (χ3v) is 5.17. The van der Waals surface area contributed by atoms with Gasteiger partial charge in [-0.05, 0) is 58.8 Å². The molecule has 164 valence electrons. The Hall–Kier alpha value is -3.48. The van der Waals surface area contributed by atoms with Gasteiger partial charge in [-0.2, -0.15) is 0 Å². The second-order valence-electron chi connectivity index (χ2n) is 7.27. The fourth-order valence-corrected chi connectivity index (χ4v) is 3.47. The molecule has 4 aromatic carbocycles. The highest BCUT2D eigenvalue weighted by Crippen LogP contribution is 2.32. The lowest BCUT2D eigenvalue weighted by Gasteiger charge is -2.12. The van der Waals surface area contributed by atoms with Crippen LogP contribution in [0.4, 0.5) is 26.3 Å². The van der Waals surface area contributed by atoms with Crippen LogP contribution in [0.1, 0.15) is 18.1 Å². The van der Waals surface area contributed by atoms with Gasteiger partial charge in [-0.15, -0.1) is 0 Å². The van der Waals surface area contributed by atoms with E-state index in [1.165, 1.54) is 30.3 Å². The Kier molecular flexibility index (Phi) is 5.82. The zero-order chi connectivity index (χ0) is 23.0. The van der Waals surface area contributed by atoms with Crippen LogP contribution in [0.2, 0.25) is 0 Å². The van der Waals surface area contributed by atoms with Gasteiger partial charge in [0.25, 0.3) is 0 Å². The van der Waals surface area contributed by atoms with Crippen LogP contribution < -0.4 is 4.74 Å². The molecule has 0 fully saturated rings. The summed E-state index contributed by atoms with van der Waals surface area (Å²) in [7, 11) is 0. The number of hydrogen-bond acceptors (Lipinski definition) is 1. The number of ether oxygens (including phenoxy) is 1. The number of aryl methyl sites for hydroxylation is 1. The number of hydrogen-bond donors (Lipinski definition) is 0. The van der Waals surface area contributed by atoms with Crippen LogP contribution in [0.25, 0.3) is 21.9 Å². The Labute approximate surface area is 179 Å². The molecule has 0 amide bonds. The highest BCUT2D eigenvalue weighted by Gasteiger charge is 2.17. The van der Waals surface area contributed by atoms with E-state index in [2.05, 4.69) is 0 Å². The fourth-order valence-electron chi connectivity index (χ4n) is 3.47. The second kappa shape index (κ2) is 8.57. The van der Waals surface area contributed by atoms with Crippen molar-refractivity contribution >= 4 is 10.8 Å². The van der Waals surface area contributed by atoms with Gasteiger partial charge in [0.15, 0.2) is 34.8 Å². The number of fused-ring (bicyclic) bond motifs is 1. The molecular weight excluding hydrogens is 430 g/mol. The molecule has 0 spiro atoms. The summed E-state index contributed by atoms with van der Waals surface area (Å²) in [6.45, 7) is 1.55. The van der Waals surface area contributed by atoms with Crippen molar-refractivity contribution < 1.29 is 31.1 Å². The van der Waals surface area contributed by atoms with Crippen molar-refractivity contribution in [2.45, 2.75) is 20.0 Å². The molecule has 0 saturated carbocycles. The van der Waals surface area contributed by atoms with Gasteiger partial charge in [0.1, 0.15) is 12.4 Å². The first-order valence-electron chi connectivity index (χ1n) is 9.75. The zero-order valence-electron chi connectivity index (χ0n) is 16.8. The molecule has 0 aliphatic rings. The number of benzene rings is 4. The van der Waals surface area contributed by atoms with Crippen molar-refractivity contribution in [2.24, 2.45) is 0 Å². The lowest BCUT2D eigenvalue weighted by Crippen LogP contribution is -2.01. The predicted octanol–water partition coefficient (Wildman–Crippen LogP) is 7.48. The smallest absolute Gasteiger partial charge is 0.195 e. The van der Waals surface area contributed by atoms with Crippen molar-refractivity contribution in [2.75, 3.05) is 0 Å². The topological polar surface area (TPSA) is 9.23 Å². The minimum Gasteiger partial charge on any atom is -0.483 e. The largest absolute Gasteiger partial charge is 0.483 e. The van der Waals surface area contributed by atoms with E-state index in [9.17, 15) is 26.3 Å². The van der Waals surface area contributed by atoms with E-state index < -0.39 is 40.7 Å². The highest BCUT2D eigenvalue weighted by molar-refractivity contribution is 5.84. The third-order valence-electron chi connectivity index (χ3n) is 5.17. The third kappa shape index (κ3) is 4.02. The lowest BCUT2D eigenvalue weighted by atomic mass is 10.0. The van der Waals surface area contributed by atoms with Crippen LogP contribution in [-0.2, 0) is 13.0 Å². The highest BCUT2D eigenvalue weighted by atomic mass is 19.2. The van der Waals surface area contributed by atoms with Crippen molar-refractivity contribution in [3.05, 3.63) is 101 Å². The van der Waals surface area contributed by atoms with Gasteiger partial charge in [-0.25, -0.2) is 26.3 Å². The summed E-state index contributed by atoms with van der Waals surface area (Å²) in [5.41, 5.74) is 1.18. The van der Waals surface area contributed by atoms with E-state index in [4.69, 9.17) is 4.74 Å². The summed E-state index contributed by atoms with van der Waals surface area (Å²) in [5, 5.41) is -0.0599. The molecule has 0 bridgehead atoms. The molecule has 0 saturated heterocycles. The van der Waals surface area contributed by atoms with Gasteiger partial charge < -0.3 is 4.74 Å². The average molecular weight is 446 g/mol. The molecule has 0 atom stereocenters. The Bertz CT molecular complexity index is 1310. The van der Waals surface area contributed by atoms with Gasteiger partial charge in [0.05, 0.1) is 0 Å². The van der Waals surface area contributed by atoms with Crippen LogP contribution in [-0.4, -0.2) is 0 Å². The summed E-state index contributed by atoms with van der Waals surface area (Å²) in [6, 6.07) is 11.1. The molecule has 0 unspecified atom stereocenters. The Morgan fingerprint density at radius 2 is 1.34 bits per heavy atom. The standard InChI is InChI=1S/C25H16F6O/c1-2-13-3-5-17(19(26)8-13)16-10-21(28)25(22(29)11-16)32-12-14-4-6-18-15(7-14)9-20(27)24(31)23(18)30/h3-11H,2,12H2,1H3. The van der Waals surface area contributed by atoms with Crippen molar-refractivity contribution in [3.8, 4) is 16.9 Å². The van der Waals surface area contributed by atoms with Crippen molar-refractivity contribution in [3.63, 3.8) is 0 Å². The molecular formula is C25H16F6O. The van der Waals surface area contributed by atoms with E-state index in [1.54, 1.807) is 6.07 Å². The summed E-state index contributed by atoms with van der Waals surface area (Å²) in [4.78, 5) is 0. The average Bonchev–Trinajstić information content (AvgIpc) is 2.76. The molecule has 0 aliphatic heterocycles. The monoisotopic (exact) mass is 446 g/mol. The summed E-state index contributed by atoms with van der Waals surface area (Å²) < 4.78 is 89.3. The quantitative estimate of drug-likeness (QED) is 0.228. The minimum absolute atomic E-state index is 0.0196. The van der Waals surface area contributed by atoms with E-state index in [0.29, 0.717) is 12.0 Å².